The number of anilines is 2. The van der Waals surface area contributed by atoms with Gasteiger partial charge in [-0.05, 0) is 93.1 Å². The molecule has 44 heavy (non-hydrogen) atoms. The predicted molar refractivity (Wildman–Crippen MR) is 181 cm³/mol. The van der Waals surface area contributed by atoms with Gasteiger partial charge in [-0.3, -0.25) is 10.2 Å². The van der Waals surface area contributed by atoms with Gasteiger partial charge in [0.25, 0.3) is 0 Å². The van der Waals surface area contributed by atoms with Gasteiger partial charge in [-0.15, -0.1) is 0 Å². The lowest BCUT2D eigenvalue weighted by atomic mass is 10.0. The topological polar surface area (TPSA) is 63.5 Å². The van der Waals surface area contributed by atoms with Crippen LogP contribution in [0.3, 0.4) is 0 Å². The van der Waals surface area contributed by atoms with Gasteiger partial charge in [-0.1, -0.05) is 78.3 Å². The van der Waals surface area contributed by atoms with Gasteiger partial charge < -0.3 is 10.2 Å². The molecule has 6 nitrogen and oxygen atoms in total. The number of rotatable bonds is 7. The molecule has 2 N–H and O–H groups in total. The molecular formula is C37H40ClN5O. The lowest BCUT2D eigenvalue weighted by Crippen LogP contribution is -2.31. The summed E-state index contributed by atoms with van der Waals surface area (Å²) in [6.45, 7) is 3.18. The third-order valence-corrected chi connectivity index (χ3v) is 8.56. The summed E-state index contributed by atoms with van der Waals surface area (Å²) >= 11 is 6.19. The number of fused-ring (bicyclic) bond motifs is 3. The van der Waals surface area contributed by atoms with Crippen LogP contribution in [0.2, 0.25) is 5.02 Å². The van der Waals surface area contributed by atoms with Gasteiger partial charge in [0.1, 0.15) is 12.4 Å². The zero-order valence-corrected chi connectivity index (χ0v) is 26.0. The molecule has 1 fully saturated rings. The number of nitrogens with zero attached hydrogens (tertiary/aromatic N) is 4. The number of hydroxylamine groups is 2. The Morgan fingerprint density at radius 3 is 2.20 bits per heavy atom. The largest absolute Gasteiger partial charge is 0.341 e. The van der Waals surface area contributed by atoms with E-state index in [9.17, 15) is 5.21 Å². The van der Waals surface area contributed by atoms with Crippen LogP contribution in [0.15, 0.2) is 107 Å². The fourth-order valence-corrected chi connectivity index (χ4v) is 6.04. The number of halogens is 1. The first-order valence-corrected chi connectivity index (χ1v) is 16.0. The Bertz CT molecular complexity index is 1690. The van der Waals surface area contributed by atoms with E-state index < -0.39 is 0 Å². The van der Waals surface area contributed by atoms with Gasteiger partial charge in [0.05, 0.1) is 11.1 Å². The van der Waals surface area contributed by atoms with Crippen molar-refractivity contribution in [2.45, 2.75) is 32.1 Å². The Labute approximate surface area is 265 Å². The molecule has 0 saturated heterocycles. The Balaban J connectivity index is 0.000000159. The second kappa shape index (κ2) is 14.2. The molecule has 2 aliphatic heterocycles. The second-order valence-corrected chi connectivity index (χ2v) is 12.0. The Kier molecular flexibility index (Phi) is 9.71. The van der Waals surface area contributed by atoms with E-state index in [-0.39, 0.29) is 6.54 Å². The third-order valence-electron chi connectivity index (χ3n) is 8.33. The highest BCUT2D eigenvalue weighted by Crippen LogP contribution is 2.35. The van der Waals surface area contributed by atoms with Gasteiger partial charge in [-0.25, -0.2) is 10.1 Å². The van der Waals surface area contributed by atoms with Crippen molar-refractivity contribution in [2.75, 3.05) is 38.1 Å². The first-order valence-electron chi connectivity index (χ1n) is 15.6. The summed E-state index contributed by atoms with van der Waals surface area (Å²) in [7, 11) is 2.02. The Hall–Kier alpha value is -3.97. The number of hydrogen-bond acceptors (Lipinski definition) is 5. The van der Waals surface area contributed by atoms with Gasteiger partial charge in [0.2, 0.25) is 0 Å². The van der Waals surface area contributed by atoms with Crippen LogP contribution in [0.5, 0.6) is 0 Å². The van der Waals surface area contributed by atoms with Crippen LogP contribution in [0.1, 0.15) is 36.0 Å². The van der Waals surface area contributed by atoms with Crippen molar-refractivity contribution in [3.8, 4) is 0 Å². The lowest BCUT2D eigenvalue weighted by molar-refractivity contribution is -0.0120. The molecule has 0 unspecified atom stereocenters. The number of amidine groups is 1. The quantitative estimate of drug-likeness (QED) is 0.248. The minimum absolute atomic E-state index is 0.267. The van der Waals surface area contributed by atoms with Crippen molar-refractivity contribution in [3.05, 3.63) is 129 Å². The van der Waals surface area contributed by atoms with Crippen molar-refractivity contribution < 1.29 is 5.21 Å². The van der Waals surface area contributed by atoms with Gasteiger partial charge in [0, 0.05) is 40.3 Å². The summed E-state index contributed by atoms with van der Waals surface area (Å²) in [6, 6.07) is 33.0. The van der Waals surface area contributed by atoms with E-state index in [1.54, 1.807) is 0 Å². The summed E-state index contributed by atoms with van der Waals surface area (Å²) in [6.07, 6.45) is 5.91. The van der Waals surface area contributed by atoms with Crippen LogP contribution in [-0.4, -0.2) is 49.3 Å². The number of aryl methyl sites for hydroxylation is 2. The number of hydrogen-bond donors (Lipinski definition) is 2. The first-order chi connectivity index (χ1) is 21.6. The SMILES string of the molecule is CNCCCN1c2ccccc2CCc2ccccc21.ON1CC(=NCC2CC2)N=c2ccc(Cl)cc2=C1c1ccccc1. The molecule has 0 bridgehead atoms. The van der Waals surface area contributed by atoms with Crippen molar-refractivity contribution in [3.63, 3.8) is 0 Å². The maximum absolute atomic E-state index is 10.7. The molecule has 226 valence electrons. The van der Waals surface area contributed by atoms with Crippen LogP contribution in [0.25, 0.3) is 5.70 Å². The van der Waals surface area contributed by atoms with E-state index >= 15 is 0 Å². The van der Waals surface area contributed by atoms with Gasteiger partial charge in [0.15, 0.2) is 0 Å². The molecular weight excluding hydrogens is 566 g/mol. The fourth-order valence-electron chi connectivity index (χ4n) is 5.87. The summed E-state index contributed by atoms with van der Waals surface area (Å²) in [4.78, 5) is 11.8. The second-order valence-electron chi connectivity index (χ2n) is 11.6. The minimum Gasteiger partial charge on any atom is -0.341 e. The summed E-state index contributed by atoms with van der Waals surface area (Å²) < 4.78 is 0. The van der Waals surface area contributed by atoms with Crippen LogP contribution in [-0.2, 0) is 12.8 Å². The summed E-state index contributed by atoms with van der Waals surface area (Å²) in [5, 5.41) is 17.4. The van der Waals surface area contributed by atoms with E-state index in [1.165, 1.54) is 40.4 Å². The average molecular weight is 606 g/mol. The maximum Gasteiger partial charge on any atom is 0.146 e. The van der Waals surface area contributed by atoms with Crippen LogP contribution in [0.4, 0.5) is 11.4 Å². The molecule has 7 heteroatoms. The molecule has 0 amide bonds. The molecule has 0 spiro atoms. The predicted octanol–water partition coefficient (Wildman–Crippen LogP) is 6.16. The number of benzene rings is 4. The Morgan fingerprint density at radius 1 is 0.886 bits per heavy atom. The molecule has 7 rings (SSSR count). The Morgan fingerprint density at radius 2 is 1.55 bits per heavy atom. The zero-order chi connectivity index (χ0) is 30.3. The van der Waals surface area contributed by atoms with E-state index in [1.807, 2.05) is 55.6 Å². The number of aliphatic imine (C=N–C) groups is 1. The molecule has 1 aliphatic carbocycles. The molecule has 4 aromatic rings. The average Bonchev–Trinajstić information content (AvgIpc) is 3.90. The van der Waals surface area contributed by atoms with Crippen molar-refractivity contribution in [1.29, 1.82) is 0 Å². The number of para-hydroxylation sites is 2. The van der Waals surface area contributed by atoms with E-state index in [2.05, 4.69) is 68.7 Å². The van der Waals surface area contributed by atoms with Crippen molar-refractivity contribution in [1.82, 2.24) is 10.4 Å². The molecule has 0 atom stereocenters. The van der Waals surface area contributed by atoms with E-state index in [0.29, 0.717) is 22.5 Å². The third kappa shape index (κ3) is 7.21. The van der Waals surface area contributed by atoms with Gasteiger partial charge >= 0.3 is 0 Å². The molecule has 0 radical (unpaired) electrons. The smallest absolute Gasteiger partial charge is 0.146 e. The fraction of sp³-hybridized carbons (Fsp3) is 0.297. The molecule has 3 aliphatic rings. The van der Waals surface area contributed by atoms with Crippen molar-refractivity contribution in [2.24, 2.45) is 15.9 Å². The molecule has 2 heterocycles. The lowest BCUT2D eigenvalue weighted by Gasteiger charge is -2.27. The standard InChI is InChI=1S/C19H18ClN3O.C18H22N2/c20-15-8-9-17-16(10-15)19(14-4-2-1-3-5-14)23(24)12-18(22-17)21-11-13-6-7-13;1-19-13-6-14-20-17-9-4-2-7-15(17)11-12-16-8-3-5-10-18(16)20/h1-5,8-10,13,24H,6-7,11-12H2;2-5,7-10,19H,6,11-14H2,1H3. The summed E-state index contributed by atoms with van der Waals surface area (Å²) in [5.41, 5.74) is 7.32. The highest BCUT2D eigenvalue weighted by molar-refractivity contribution is 6.30. The summed E-state index contributed by atoms with van der Waals surface area (Å²) in [5.74, 6) is 1.34. The van der Waals surface area contributed by atoms with E-state index in [0.717, 1.165) is 55.0 Å². The highest BCUT2D eigenvalue weighted by Gasteiger charge is 2.22. The van der Waals surface area contributed by atoms with E-state index in [4.69, 9.17) is 11.6 Å². The molecule has 4 aromatic carbocycles. The normalized spacial score (nSPS) is 16.5. The van der Waals surface area contributed by atoms with Crippen LogP contribution >= 0.6 is 11.6 Å². The first kappa shape index (κ1) is 30.1. The minimum atomic E-state index is 0.267. The maximum atomic E-state index is 10.7. The van der Waals surface area contributed by atoms with Crippen molar-refractivity contribution >= 4 is 34.5 Å². The molecule has 1 saturated carbocycles. The van der Waals surface area contributed by atoms with Crippen LogP contribution in [0, 0.1) is 5.92 Å². The number of nitrogens with one attached hydrogen (secondary N) is 1. The molecule has 0 aromatic heterocycles. The van der Waals surface area contributed by atoms with Gasteiger partial charge in [-0.2, -0.15) is 0 Å². The van der Waals surface area contributed by atoms with Crippen LogP contribution < -0.4 is 20.8 Å². The monoisotopic (exact) mass is 605 g/mol. The zero-order valence-electron chi connectivity index (χ0n) is 25.3. The highest BCUT2D eigenvalue weighted by atomic mass is 35.5.